The Hall–Kier alpha value is -4.39. The first kappa shape index (κ1) is 52.6. The number of likely N-dealkylation sites (N-methyl/N-ethyl adjacent to an activating group) is 1. The van der Waals surface area contributed by atoms with Crippen molar-refractivity contribution < 1.29 is 76.9 Å². The first-order chi connectivity index (χ1) is 30.9. The number of fused-ring (bicyclic) bond motifs is 2. The third-order valence-corrected chi connectivity index (χ3v) is 14.7. The molecule has 0 spiro atoms. The van der Waals surface area contributed by atoms with Gasteiger partial charge in [0.2, 0.25) is 5.69 Å². The predicted octanol–water partition coefficient (Wildman–Crippen LogP) is 5.07. The lowest BCUT2D eigenvalue weighted by atomic mass is 9.75. The van der Waals surface area contributed by atoms with E-state index in [1.54, 1.807) is 19.2 Å². The molecule has 3 heterocycles. The lowest BCUT2D eigenvalue weighted by Crippen LogP contribution is -2.33. The Bertz CT molecular complexity index is 2590. The van der Waals surface area contributed by atoms with Crippen LogP contribution >= 0.6 is 0 Å². The van der Waals surface area contributed by atoms with Crippen LogP contribution in [0.15, 0.2) is 69.6 Å². The number of hydroxylamine groups is 2. The molecule has 0 aromatic heterocycles. The van der Waals surface area contributed by atoms with Gasteiger partial charge in [-0.15, -0.1) is 5.06 Å². The van der Waals surface area contributed by atoms with Crippen molar-refractivity contribution in [2.24, 2.45) is 0 Å². The van der Waals surface area contributed by atoms with E-state index < -0.39 is 64.7 Å². The van der Waals surface area contributed by atoms with Crippen LogP contribution in [0, 0.1) is 0 Å². The highest BCUT2D eigenvalue weighted by Gasteiger charge is 2.49. The molecule has 3 aliphatic rings. The zero-order valence-corrected chi connectivity index (χ0v) is 40.3. The second-order valence-corrected chi connectivity index (χ2v) is 21.3. The minimum atomic E-state index is -4.63. The summed E-state index contributed by atoms with van der Waals surface area (Å²) in [5, 5.41) is 0.511. The van der Waals surface area contributed by atoms with Crippen LogP contribution in [0.4, 0.5) is 11.4 Å². The van der Waals surface area contributed by atoms with Crippen LogP contribution in [0.3, 0.4) is 0 Å². The lowest BCUT2D eigenvalue weighted by Gasteiger charge is -2.30. The normalized spacial score (nSPS) is 20.8. The molecule has 66 heavy (non-hydrogen) atoms. The summed E-state index contributed by atoms with van der Waals surface area (Å²) >= 11 is 0. The number of nitrogens with zero attached hydrogens (tertiary/aromatic N) is 3. The Labute approximate surface area is 386 Å². The number of ether oxygens (including phenoxy) is 3. The summed E-state index contributed by atoms with van der Waals surface area (Å²) in [7, 11) is -12.0. The molecule has 2 aromatic carbocycles. The van der Waals surface area contributed by atoms with E-state index in [1.165, 1.54) is 24.3 Å². The molecule has 0 radical (unpaired) electrons. The van der Waals surface area contributed by atoms with Gasteiger partial charge in [0, 0.05) is 80.4 Å². The molecule has 19 nitrogen and oxygen atoms in total. The van der Waals surface area contributed by atoms with Crippen LogP contribution < -0.4 is 4.90 Å². The number of benzene rings is 2. The van der Waals surface area contributed by atoms with Gasteiger partial charge >= 0.3 is 5.97 Å². The molecule has 5 rings (SSSR count). The molecule has 364 valence electrons. The summed E-state index contributed by atoms with van der Waals surface area (Å²) < 4.78 is 122. The molecule has 3 aliphatic heterocycles. The number of rotatable bonds is 25. The molecule has 1 saturated heterocycles. The van der Waals surface area contributed by atoms with E-state index in [-0.39, 0.29) is 55.1 Å². The number of anilines is 1. The Morgan fingerprint density at radius 3 is 2.00 bits per heavy atom. The van der Waals surface area contributed by atoms with Gasteiger partial charge < -0.3 is 23.9 Å². The minimum absolute atomic E-state index is 0.0147. The second-order valence-electron chi connectivity index (χ2n) is 16.9. The minimum Gasteiger partial charge on any atom is -0.382 e. The van der Waals surface area contributed by atoms with Gasteiger partial charge in [-0.05, 0) is 107 Å². The van der Waals surface area contributed by atoms with Gasteiger partial charge in [0.25, 0.3) is 42.2 Å². The molecule has 2 atom stereocenters. The van der Waals surface area contributed by atoms with E-state index in [1.807, 2.05) is 49.3 Å². The number of hydrogen-bond donors (Lipinski definition) is 3. The van der Waals surface area contributed by atoms with Gasteiger partial charge in [0.1, 0.15) is 6.54 Å². The van der Waals surface area contributed by atoms with Crippen LogP contribution in [0.2, 0.25) is 0 Å². The number of unbranched alkanes of at least 4 members (excludes halogenated alkanes) is 2. The van der Waals surface area contributed by atoms with Gasteiger partial charge in [0.15, 0.2) is 5.71 Å². The number of amides is 2. The zero-order chi connectivity index (χ0) is 48.7. The van der Waals surface area contributed by atoms with Crippen molar-refractivity contribution in [2.75, 3.05) is 63.9 Å². The van der Waals surface area contributed by atoms with E-state index in [4.69, 9.17) is 19.0 Å². The fourth-order valence-corrected chi connectivity index (χ4v) is 10.3. The molecule has 2 amide bonds. The summed E-state index contributed by atoms with van der Waals surface area (Å²) in [6.07, 6.45) is 5.71. The molecular weight excluding hydrogens is 923 g/mol. The van der Waals surface area contributed by atoms with E-state index >= 15 is 0 Å². The summed E-state index contributed by atoms with van der Waals surface area (Å²) in [5.74, 6) is -2.40. The van der Waals surface area contributed by atoms with Crippen molar-refractivity contribution in [3.8, 4) is 0 Å². The highest BCUT2D eigenvalue weighted by Crippen LogP contribution is 2.52. The molecule has 22 heteroatoms. The van der Waals surface area contributed by atoms with E-state index in [9.17, 15) is 53.3 Å². The Morgan fingerprint density at radius 2 is 1.39 bits per heavy atom. The van der Waals surface area contributed by atoms with Crippen LogP contribution in [0.5, 0.6) is 0 Å². The van der Waals surface area contributed by atoms with Crippen molar-refractivity contribution in [1.29, 1.82) is 0 Å². The molecule has 0 aliphatic carbocycles. The number of imide groups is 1. The van der Waals surface area contributed by atoms with Crippen molar-refractivity contribution in [1.82, 2.24) is 5.06 Å². The summed E-state index contributed by atoms with van der Waals surface area (Å²) in [6, 6.07) is 8.66. The van der Waals surface area contributed by atoms with Gasteiger partial charge in [-0.3, -0.25) is 23.2 Å². The molecule has 2 aromatic rings. The third kappa shape index (κ3) is 12.6. The zero-order valence-electron chi connectivity index (χ0n) is 37.9. The molecular formula is C44H60N3O16S3+. The number of methoxy groups -OCH3 is 1. The maximum Gasteiger partial charge on any atom is 0.333 e. The van der Waals surface area contributed by atoms with Gasteiger partial charge in [-0.2, -0.15) is 29.8 Å². The summed E-state index contributed by atoms with van der Waals surface area (Å²) in [6.45, 7) is 9.95. The smallest absolute Gasteiger partial charge is 0.333 e. The number of allylic oxidation sites excluding steroid dienone is 4. The SMILES string of the molecule is CCN1/C(=C/C(C)=C/C2=[N+](CCCCCC(=O)ON3C(=O)CCC3=O)c3ccc(S(=O)(=O)O)cc3C2(C)CCOCCOCCOC)C(C)(CCCS(=O)(=O)O)c2cc(S(=O)(=O)O)ccc21. The topological polar surface area (TPSA) is 261 Å². The van der Waals surface area contributed by atoms with E-state index in [0.29, 0.717) is 97.4 Å². The Morgan fingerprint density at radius 1 is 0.788 bits per heavy atom. The van der Waals surface area contributed by atoms with Crippen molar-refractivity contribution in [2.45, 2.75) is 106 Å². The highest BCUT2D eigenvalue weighted by atomic mass is 32.2. The van der Waals surface area contributed by atoms with Crippen LogP contribution in [-0.4, -0.2) is 131 Å². The van der Waals surface area contributed by atoms with Crippen molar-refractivity contribution in [3.05, 3.63) is 70.9 Å². The van der Waals surface area contributed by atoms with Gasteiger partial charge in [-0.25, -0.2) is 4.79 Å². The standard InChI is InChI=1S/C44H59N3O16S3/c1-6-45-36-14-12-32(65(54,55)56)29-34(36)43(3,18-10-26-64(51,52)53)38(45)27-31(2)28-39-44(4,19-21-61-24-25-62-23-22-60-5)35-30-33(66(57,58)59)13-15-37(35)46(39)20-9-7-8-11-42(50)63-47-40(48)16-17-41(47)49/h12-15,27-30H,6-11,16-26H2,1-5H3,(H2-,51,52,53,54,55,56,57,58,59)/p+1. The number of carbonyl (C=O) groups excluding carboxylic acids is 3. The predicted molar refractivity (Wildman–Crippen MR) is 241 cm³/mol. The number of hydrogen-bond acceptors (Lipinski definition) is 14. The summed E-state index contributed by atoms with van der Waals surface area (Å²) in [5.41, 5.74) is 2.63. The maximum atomic E-state index is 12.6. The van der Waals surface area contributed by atoms with Crippen LogP contribution in [0.25, 0.3) is 0 Å². The average Bonchev–Trinajstić information content (AvgIpc) is 3.76. The average molecular weight is 983 g/mol. The second kappa shape index (κ2) is 21.7. The molecule has 3 N–H and O–H groups in total. The number of carbonyl (C=O) groups is 3. The molecule has 2 unspecified atom stereocenters. The summed E-state index contributed by atoms with van der Waals surface area (Å²) in [4.78, 5) is 42.8. The Kier molecular flexibility index (Phi) is 17.3. The fourth-order valence-electron chi connectivity index (χ4n) is 8.76. The molecule has 0 bridgehead atoms. The van der Waals surface area contributed by atoms with Crippen LogP contribution in [-0.2, 0) is 74.6 Å². The largest absolute Gasteiger partial charge is 0.382 e. The molecule has 0 saturated carbocycles. The maximum absolute atomic E-state index is 12.6. The monoisotopic (exact) mass is 982 g/mol. The van der Waals surface area contributed by atoms with Crippen molar-refractivity contribution in [3.63, 3.8) is 0 Å². The third-order valence-electron chi connectivity index (χ3n) is 12.2. The highest BCUT2D eigenvalue weighted by molar-refractivity contribution is 7.86. The van der Waals surface area contributed by atoms with Crippen LogP contribution in [0.1, 0.15) is 96.6 Å². The Balaban J connectivity index is 1.56. The van der Waals surface area contributed by atoms with Crippen molar-refractivity contribution >= 4 is 65.2 Å². The first-order valence-corrected chi connectivity index (χ1v) is 26.2. The first-order valence-electron chi connectivity index (χ1n) is 21.7. The van der Waals surface area contributed by atoms with E-state index in [2.05, 4.69) is 0 Å². The quantitative estimate of drug-likeness (QED) is 0.0508. The van der Waals surface area contributed by atoms with E-state index in [0.717, 1.165) is 5.71 Å². The van der Waals surface area contributed by atoms with Gasteiger partial charge in [0.05, 0.1) is 47.4 Å². The fraction of sp³-hybridized carbons (Fsp3) is 0.545. The van der Waals surface area contributed by atoms with Gasteiger partial charge in [-0.1, -0.05) is 0 Å². The lowest BCUT2D eigenvalue weighted by molar-refractivity contribution is -0.438. The molecule has 1 fully saturated rings.